The Labute approximate surface area is 159 Å². The highest BCUT2D eigenvalue weighted by Crippen LogP contribution is 2.50. The van der Waals surface area contributed by atoms with E-state index < -0.39 is 5.92 Å². The van der Waals surface area contributed by atoms with Crippen molar-refractivity contribution in [3.05, 3.63) is 57.5 Å². The summed E-state index contributed by atoms with van der Waals surface area (Å²) in [6, 6.07) is 9.56. The molecule has 0 bridgehead atoms. The van der Waals surface area contributed by atoms with E-state index in [2.05, 4.69) is 19.9 Å². The number of allylic oxidation sites excluding steroid dienone is 3. The zero-order valence-electron chi connectivity index (χ0n) is 15.5. The van der Waals surface area contributed by atoms with Gasteiger partial charge in [-0.3, -0.25) is 9.80 Å². The summed E-state index contributed by atoms with van der Waals surface area (Å²) in [6.07, 6.45) is 1.14. The largest absolute Gasteiger partial charge is 0.383 e. The van der Waals surface area contributed by atoms with Crippen molar-refractivity contribution in [3.63, 3.8) is 0 Å². The second-order valence-corrected chi connectivity index (χ2v) is 8.23. The molecule has 3 rings (SSSR count). The lowest BCUT2D eigenvalue weighted by Crippen LogP contribution is -2.47. The monoisotopic (exact) mass is 370 g/mol. The van der Waals surface area contributed by atoms with Gasteiger partial charge in [-0.05, 0) is 23.5 Å². The molecule has 1 aliphatic heterocycles. The zero-order chi connectivity index (χ0) is 19.2. The fraction of sp³-hybridized carbons (Fsp3) is 0.400. The van der Waals surface area contributed by atoms with Gasteiger partial charge in [-0.25, -0.2) is 5.01 Å². The van der Waals surface area contributed by atoms with Crippen LogP contribution >= 0.6 is 11.6 Å². The van der Waals surface area contributed by atoms with E-state index in [1.54, 1.807) is 11.1 Å². The first-order valence-electron chi connectivity index (χ1n) is 8.55. The molecule has 2 N–H and O–H groups in total. The maximum Gasteiger partial charge on any atom is 0.162 e. The van der Waals surface area contributed by atoms with Crippen LogP contribution in [0, 0.1) is 16.7 Å². The van der Waals surface area contributed by atoms with Crippen LogP contribution in [0.25, 0.3) is 0 Å². The van der Waals surface area contributed by atoms with Crippen LogP contribution in [0.1, 0.15) is 38.2 Å². The van der Waals surface area contributed by atoms with Gasteiger partial charge in [-0.1, -0.05) is 43.6 Å². The molecular weight excluding hydrogens is 348 g/mol. The molecule has 1 aromatic carbocycles. The highest BCUT2D eigenvalue weighted by Gasteiger charge is 2.45. The standard InChI is InChI=1S/C20H23ClN4O/c1-20(2)9-15-18(16(26)10-20)17(12-7-5-6-8-14(12)21)13(11-22)19(23)25(15)24(3)4/h5-8,17H,9-10,23H2,1-4H3/t17-/m1/s1. The molecule has 0 amide bonds. The van der Waals surface area contributed by atoms with Gasteiger partial charge in [0, 0.05) is 36.8 Å². The van der Waals surface area contributed by atoms with Crippen LogP contribution < -0.4 is 5.73 Å². The van der Waals surface area contributed by atoms with Crippen molar-refractivity contribution in [1.82, 2.24) is 10.0 Å². The molecule has 1 heterocycles. The van der Waals surface area contributed by atoms with Crippen LogP contribution in [-0.2, 0) is 4.79 Å². The molecule has 0 aromatic heterocycles. The molecule has 2 aliphatic rings. The number of nitrogens with zero attached hydrogens (tertiary/aromatic N) is 3. The normalized spacial score (nSPS) is 22.6. The van der Waals surface area contributed by atoms with E-state index in [0.717, 1.165) is 11.3 Å². The zero-order valence-corrected chi connectivity index (χ0v) is 16.3. The highest BCUT2D eigenvalue weighted by atomic mass is 35.5. The maximum atomic E-state index is 13.2. The van der Waals surface area contributed by atoms with Gasteiger partial charge in [-0.15, -0.1) is 0 Å². The molecule has 0 spiro atoms. The number of benzene rings is 1. The van der Waals surface area contributed by atoms with Crippen molar-refractivity contribution < 1.29 is 4.79 Å². The summed E-state index contributed by atoms with van der Waals surface area (Å²) in [5.74, 6) is -0.122. The average molecular weight is 371 g/mol. The second-order valence-electron chi connectivity index (χ2n) is 7.83. The molecule has 0 fully saturated rings. The Hall–Kier alpha value is -2.29. The van der Waals surface area contributed by atoms with Crippen molar-refractivity contribution in [2.24, 2.45) is 11.1 Å². The van der Waals surface area contributed by atoms with E-state index >= 15 is 0 Å². The minimum atomic E-state index is -0.525. The number of carbonyl (C=O) groups is 1. The average Bonchev–Trinajstić information content (AvgIpc) is 2.52. The van der Waals surface area contributed by atoms with Crippen LogP contribution in [0.15, 0.2) is 46.9 Å². The summed E-state index contributed by atoms with van der Waals surface area (Å²) in [6.45, 7) is 4.15. The molecule has 0 saturated carbocycles. The van der Waals surface area contributed by atoms with Gasteiger partial charge >= 0.3 is 0 Å². The summed E-state index contributed by atoms with van der Waals surface area (Å²) in [4.78, 5) is 13.2. The lowest BCUT2D eigenvalue weighted by Gasteiger charge is -2.45. The molecule has 1 atom stereocenters. The van der Waals surface area contributed by atoms with Crippen LogP contribution in [0.5, 0.6) is 0 Å². The molecule has 1 aliphatic carbocycles. The first-order valence-corrected chi connectivity index (χ1v) is 8.93. The molecule has 0 saturated heterocycles. The Bertz CT molecular complexity index is 876. The lowest BCUT2D eigenvalue weighted by molar-refractivity contribution is -0.119. The number of rotatable bonds is 2. The van der Waals surface area contributed by atoms with Gasteiger partial charge in [0.1, 0.15) is 5.82 Å². The van der Waals surface area contributed by atoms with E-state index in [1.165, 1.54) is 0 Å². The van der Waals surface area contributed by atoms with Gasteiger partial charge in [0.2, 0.25) is 0 Å². The number of hydrogen-bond donors (Lipinski definition) is 1. The van der Waals surface area contributed by atoms with E-state index in [0.29, 0.717) is 34.8 Å². The Morgan fingerprint density at radius 2 is 1.96 bits per heavy atom. The number of Topliss-reactive ketones (excluding diaryl/α,β-unsaturated/α-hetero) is 1. The van der Waals surface area contributed by atoms with Gasteiger partial charge in [0.15, 0.2) is 5.78 Å². The Kier molecular flexibility index (Phi) is 4.60. The third-order valence-corrected chi connectivity index (χ3v) is 5.31. The first-order chi connectivity index (χ1) is 12.2. The lowest BCUT2D eigenvalue weighted by atomic mass is 9.69. The summed E-state index contributed by atoms with van der Waals surface area (Å²) in [5, 5.41) is 14.0. The summed E-state index contributed by atoms with van der Waals surface area (Å²) in [7, 11) is 3.71. The van der Waals surface area contributed by atoms with Crippen molar-refractivity contribution in [1.29, 1.82) is 5.26 Å². The quantitative estimate of drug-likeness (QED) is 0.861. The number of hydrazine groups is 1. The molecule has 6 heteroatoms. The number of nitriles is 1. The van der Waals surface area contributed by atoms with E-state index in [1.807, 2.05) is 37.3 Å². The molecule has 136 valence electrons. The van der Waals surface area contributed by atoms with Crippen LogP contribution in [0.4, 0.5) is 0 Å². The third kappa shape index (κ3) is 2.90. The Morgan fingerprint density at radius 3 is 2.54 bits per heavy atom. The van der Waals surface area contributed by atoms with Crippen molar-refractivity contribution in [2.75, 3.05) is 14.1 Å². The second kappa shape index (κ2) is 6.46. The van der Waals surface area contributed by atoms with Gasteiger partial charge < -0.3 is 5.73 Å². The molecule has 0 radical (unpaired) electrons. The number of halogens is 1. The number of hydrogen-bond acceptors (Lipinski definition) is 5. The Balaban J connectivity index is 2.32. The SMILES string of the molecule is CN(C)N1C(N)=C(C#N)[C@@H](c2ccccc2Cl)C2=C1CC(C)(C)CC2=O. The van der Waals surface area contributed by atoms with Crippen LogP contribution in [-0.4, -0.2) is 29.9 Å². The van der Waals surface area contributed by atoms with Gasteiger partial charge in [-0.2, -0.15) is 5.26 Å². The number of ketones is 1. The van der Waals surface area contributed by atoms with Crippen LogP contribution in [0.3, 0.4) is 0 Å². The minimum absolute atomic E-state index is 0.0493. The van der Waals surface area contributed by atoms with E-state index in [9.17, 15) is 10.1 Å². The predicted molar refractivity (Wildman–Crippen MR) is 102 cm³/mol. The first kappa shape index (κ1) is 18.5. The minimum Gasteiger partial charge on any atom is -0.383 e. The highest BCUT2D eigenvalue weighted by molar-refractivity contribution is 6.31. The molecule has 5 nitrogen and oxygen atoms in total. The smallest absolute Gasteiger partial charge is 0.162 e. The number of nitrogens with two attached hydrogens (primary N) is 1. The van der Waals surface area contributed by atoms with Crippen molar-refractivity contribution in [2.45, 2.75) is 32.6 Å². The third-order valence-electron chi connectivity index (χ3n) is 4.97. The van der Waals surface area contributed by atoms with E-state index in [-0.39, 0.29) is 11.2 Å². The fourth-order valence-electron chi connectivity index (χ4n) is 3.97. The maximum absolute atomic E-state index is 13.2. The van der Waals surface area contributed by atoms with Gasteiger partial charge in [0.25, 0.3) is 0 Å². The predicted octanol–water partition coefficient (Wildman–Crippen LogP) is 3.55. The van der Waals surface area contributed by atoms with E-state index in [4.69, 9.17) is 17.3 Å². The Morgan fingerprint density at radius 1 is 1.31 bits per heavy atom. The summed E-state index contributed by atoms with van der Waals surface area (Å²) in [5.41, 5.74) is 8.84. The number of carbonyl (C=O) groups excluding carboxylic acids is 1. The van der Waals surface area contributed by atoms with Crippen molar-refractivity contribution in [3.8, 4) is 6.07 Å². The van der Waals surface area contributed by atoms with Crippen molar-refractivity contribution >= 4 is 17.4 Å². The molecular formula is C20H23ClN4O. The molecule has 0 unspecified atom stereocenters. The summed E-state index contributed by atoms with van der Waals surface area (Å²) >= 11 is 6.43. The van der Waals surface area contributed by atoms with Gasteiger partial charge in [0.05, 0.1) is 17.6 Å². The fourth-order valence-corrected chi connectivity index (χ4v) is 4.21. The molecule has 26 heavy (non-hydrogen) atoms. The molecule has 1 aromatic rings. The summed E-state index contributed by atoms with van der Waals surface area (Å²) < 4.78 is 0. The van der Waals surface area contributed by atoms with Crippen LogP contribution in [0.2, 0.25) is 5.02 Å². The topological polar surface area (TPSA) is 73.4 Å².